The molecule has 30 heavy (non-hydrogen) atoms. The molecule has 2 aromatic rings. The van der Waals surface area contributed by atoms with Crippen molar-refractivity contribution >= 4 is 23.6 Å². The van der Waals surface area contributed by atoms with E-state index in [1.54, 1.807) is 0 Å². The smallest absolute Gasteiger partial charge is 0.278 e. The average molecular weight is 423 g/mol. The van der Waals surface area contributed by atoms with E-state index < -0.39 is 0 Å². The average Bonchev–Trinajstić information content (AvgIpc) is 2.93. The largest absolute Gasteiger partial charge is 0.377 e. The van der Waals surface area contributed by atoms with E-state index in [0.29, 0.717) is 15.8 Å². The highest BCUT2D eigenvalue weighted by Crippen LogP contribution is 2.34. The summed E-state index contributed by atoms with van der Waals surface area (Å²) in [6, 6.07) is 11.7. The Morgan fingerprint density at radius 1 is 1.00 bits per heavy atom. The number of thioether (sulfide) groups is 1. The number of carbonyl (C=O) groups excluding carboxylic acids is 2. The fourth-order valence-electron chi connectivity index (χ4n) is 3.97. The van der Waals surface area contributed by atoms with E-state index in [-0.39, 0.29) is 24.4 Å². The first kappa shape index (κ1) is 20.6. The van der Waals surface area contributed by atoms with Gasteiger partial charge in [-0.05, 0) is 50.1 Å². The van der Waals surface area contributed by atoms with Gasteiger partial charge >= 0.3 is 0 Å². The second-order valence-corrected chi connectivity index (χ2v) is 8.88. The lowest BCUT2D eigenvalue weighted by atomic mass is 9.95. The number of amides is 2. The van der Waals surface area contributed by atoms with Crippen molar-refractivity contribution in [1.29, 1.82) is 0 Å². The van der Waals surface area contributed by atoms with E-state index >= 15 is 0 Å². The first-order chi connectivity index (χ1) is 14.5. The van der Waals surface area contributed by atoms with Gasteiger partial charge < -0.3 is 5.32 Å². The number of hydrogen-bond acceptors (Lipinski definition) is 6. The lowest BCUT2D eigenvalue weighted by Gasteiger charge is -2.24. The van der Waals surface area contributed by atoms with Crippen molar-refractivity contribution in [3.8, 4) is 0 Å². The van der Waals surface area contributed by atoms with Crippen LogP contribution in [0, 0.1) is 13.8 Å². The number of aryl methyl sites for hydroxylation is 2. The van der Waals surface area contributed by atoms with Crippen molar-refractivity contribution in [2.24, 2.45) is 0 Å². The highest BCUT2D eigenvalue weighted by molar-refractivity contribution is 8.04. The number of hydrogen-bond donors (Lipinski definition) is 1. The molecule has 4 rings (SSSR count). The molecule has 156 valence electrons. The Morgan fingerprint density at radius 2 is 1.67 bits per heavy atom. The van der Waals surface area contributed by atoms with Crippen molar-refractivity contribution in [2.45, 2.75) is 63.7 Å². The highest BCUT2D eigenvalue weighted by atomic mass is 32.2. The number of imide groups is 1. The van der Waals surface area contributed by atoms with Crippen LogP contribution in [-0.4, -0.2) is 32.7 Å². The topological polar surface area (TPSA) is 75.2 Å². The van der Waals surface area contributed by atoms with E-state index in [0.717, 1.165) is 42.6 Å². The van der Waals surface area contributed by atoms with Crippen LogP contribution in [0.2, 0.25) is 0 Å². The summed E-state index contributed by atoms with van der Waals surface area (Å²) >= 11 is 1.19. The lowest BCUT2D eigenvalue weighted by Crippen LogP contribution is -2.37. The number of carbonyl (C=O) groups is 2. The predicted octanol–water partition coefficient (Wildman–Crippen LogP) is 3.89. The molecule has 1 N–H and O–H groups in total. The van der Waals surface area contributed by atoms with Crippen molar-refractivity contribution in [3.05, 3.63) is 64.0 Å². The molecule has 1 fully saturated rings. The van der Waals surface area contributed by atoms with Gasteiger partial charge in [0.1, 0.15) is 10.6 Å². The summed E-state index contributed by atoms with van der Waals surface area (Å²) in [5.74, 6) is -0.545. The molecule has 2 heterocycles. The third-order valence-corrected chi connectivity index (χ3v) is 6.37. The van der Waals surface area contributed by atoms with Crippen LogP contribution in [-0.2, 0) is 16.1 Å². The van der Waals surface area contributed by atoms with Crippen LogP contribution in [0.3, 0.4) is 0 Å². The maximum absolute atomic E-state index is 13.3. The molecule has 7 heteroatoms. The molecule has 0 saturated heterocycles. The molecule has 0 bridgehead atoms. The van der Waals surface area contributed by atoms with Gasteiger partial charge in [-0.1, -0.05) is 49.6 Å². The van der Waals surface area contributed by atoms with Gasteiger partial charge in [0.2, 0.25) is 0 Å². The molecule has 6 nitrogen and oxygen atoms in total. The second kappa shape index (κ2) is 9.00. The Bertz CT molecular complexity index is 964. The van der Waals surface area contributed by atoms with Gasteiger partial charge in [0.05, 0.1) is 6.54 Å². The van der Waals surface area contributed by atoms with E-state index in [9.17, 15) is 9.59 Å². The van der Waals surface area contributed by atoms with Gasteiger partial charge in [0.15, 0.2) is 5.16 Å². The summed E-state index contributed by atoms with van der Waals surface area (Å²) < 4.78 is 0. The zero-order valence-electron chi connectivity index (χ0n) is 17.4. The van der Waals surface area contributed by atoms with Crippen molar-refractivity contribution in [3.63, 3.8) is 0 Å². The molecular weight excluding hydrogens is 396 g/mol. The van der Waals surface area contributed by atoms with Gasteiger partial charge in [-0.15, -0.1) is 0 Å². The fraction of sp³-hybridized carbons (Fsp3) is 0.391. The first-order valence-electron chi connectivity index (χ1n) is 10.4. The van der Waals surface area contributed by atoms with Crippen molar-refractivity contribution in [2.75, 3.05) is 0 Å². The molecule has 0 spiro atoms. The molecular formula is C23H26N4O2S. The Kier molecular flexibility index (Phi) is 6.18. The summed E-state index contributed by atoms with van der Waals surface area (Å²) in [7, 11) is 0. The Morgan fingerprint density at radius 3 is 2.33 bits per heavy atom. The zero-order valence-corrected chi connectivity index (χ0v) is 18.2. The number of benzene rings is 1. The van der Waals surface area contributed by atoms with Crippen LogP contribution in [0.5, 0.6) is 0 Å². The van der Waals surface area contributed by atoms with Crippen LogP contribution >= 0.6 is 11.8 Å². The lowest BCUT2D eigenvalue weighted by molar-refractivity contribution is -0.138. The summed E-state index contributed by atoms with van der Waals surface area (Å²) in [4.78, 5) is 37.2. The van der Waals surface area contributed by atoms with Gasteiger partial charge in [0, 0.05) is 17.4 Å². The summed E-state index contributed by atoms with van der Waals surface area (Å²) in [5, 5.41) is 3.90. The number of nitrogens with one attached hydrogen (secondary N) is 1. The Labute approximate surface area is 181 Å². The fourth-order valence-corrected chi connectivity index (χ4v) is 4.97. The minimum atomic E-state index is -0.282. The van der Waals surface area contributed by atoms with Crippen molar-refractivity contribution < 1.29 is 9.59 Å². The molecule has 0 unspecified atom stereocenters. The van der Waals surface area contributed by atoms with Crippen LogP contribution in [0.15, 0.2) is 52.2 Å². The molecule has 1 aliphatic heterocycles. The third-order valence-electron chi connectivity index (χ3n) is 5.42. The molecule has 1 aromatic heterocycles. The second-order valence-electron chi connectivity index (χ2n) is 7.90. The highest BCUT2D eigenvalue weighted by Gasteiger charge is 2.40. The summed E-state index contributed by atoms with van der Waals surface area (Å²) in [5.41, 5.74) is 3.00. The molecule has 0 atom stereocenters. The Hall–Kier alpha value is -2.67. The number of nitrogens with zero attached hydrogens (tertiary/aromatic N) is 3. The van der Waals surface area contributed by atoms with E-state index in [1.807, 2.05) is 50.2 Å². The summed E-state index contributed by atoms with van der Waals surface area (Å²) in [6.07, 6.45) is 5.54. The van der Waals surface area contributed by atoms with Crippen LogP contribution in [0.4, 0.5) is 0 Å². The van der Waals surface area contributed by atoms with Gasteiger partial charge in [-0.2, -0.15) is 0 Å². The Balaban J connectivity index is 1.64. The summed E-state index contributed by atoms with van der Waals surface area (Å²) in [6.45, 7) is 4.06. The molecule has 0 radical (unpaired) electrons. The number of aromatic nitrogens is 2. The maximum Gasteiger partial charge on any atom is 0.278 e. The third kappa shape index (κ3) is 4.56. The molecule has 1 saturated carbocycles. The van der Waals surface area contributed by atoms with E-state index in [2.05, 4.69) is 15.3 Å². The van der Waals surface area contributed by atoms with Crippen LogP contribution in [0.1, 0.15) is 49.1 Å². The van der Waals surface area contributed by atoms with Gasteiger partial charge in [-0.25, -0.2) is 9.97 Å². The zero-order chi connectivity index (χ0) is 21.1. The van der Waals surface area contributed by atoms with Crippen LogP contribution < -0.4 is 5.32 Å². The molecule has 1 aromatic carbocycles. The SMILES string of the molecule is Cc1cc(C)nc(SC2=C(NC3CCCCC3)C(=O)N(Cc3ccccc3)C2=O)n1. The number of rotatable bonds is 6. The molecule has 1 aliphatic carbocycles. The van der Waals surface area contributed by atoms with Gasteiger partial charge in [0.25, 0.3) is 11.8 Å². The van der Waals surface area contributed by atoms with Crippen LogP contribution in [0.25, 0.3) is 0 Å². The molecule has 2 amide bonds. The first-order valence-corrected chi connectivity index (χ1v) is 11.2. The van der Waals surface area contributed by atoms with Crippen molar-refractivity contribution in [1.82, 2.24) is 20.2 Å². The van der Waals surface area contributed by atoms with E-state index in [1.165, 1.54) is 23.1 Å². The monoisotopic (exact) mass is 422 g/mol. The quantitative estimate of drug-likeness (QED) is 0.562. The predicted molar refractivity (Wildman–Crippen MR) is 116 cm³/mol. The maximum atomic E-state index is 13.3. The minimum Gasteiger partial charge on any atom is -0.377 e. The van der Waals surface area contributed by atoms with Gasteiger partial charge in [-0.3, -0.25) is 14.5 Å². The molecule has 2 aliphatic rings. The normalized spacial score (nSPS) is 17.7. The minimum absolute atomic E-state index is 0.220. The standard InChI is InChI=1S/C23H26N4O2S/c1-15-13-16(2)25-23(24-15)30-20-19(26-18-11-7-4-8-12-18)21(28)27(22(20)29)14-17-9-5-3-6-10-17/h3,5-6,9-10,13,18,26H,4,7-8,11-12,14H2,1-2H3. The van der Waals surface area contributed by atoms with E-state index in [4.69, 9.17) is 0 Å².